The van der Waals surface area contributed by atoms with Crippen LogP contribution in [0.1, 0.15) is 49.9 Å². The van der Waals surface area contributed by atoms with Gasteiger partial charge in [0, 0.05) is 12.6 Å². The van der Waals surface area contributed by atoms with Crippen molar-refractivity contribution in [3.8, 4) is 0 Å². The summed E-state index contributed by atoms with van der Waals surface area (Å²) in [6.45, 7) is 1.92. The molecule has 118 valence electrons. The number of aromatic carboxylic acids is 1. The highest BCUT2D eigenvalue weighted by Crippen LogP contribution is 2.36. The minimum absolute atomic E-state index is 0.0262. The first-order valence-electron chi connectivity index (χ1n) is 7.68. The normalized spacial score (nSPS) is 16.0. The van der Waals surface area contributed by atoms with Crippen molar-refractivity contribution < 1.29 is 14.7 Å². The highest BCUT2D eigenvalue weighted by molar-refractivity contribution is 5.96. The van der Waals surface area contributed by atoms with E-state index in [2.05, 4.69) is 0 Å². The summed E-state index contributed by atoms with van der Waals surface area (Å²) in [6, 6.07) is 12.7. The van der Waals surface area contributed by atoms with Crippen molar-refractivity contribution >= 4 is 11.9 Å². The number of nitrogens with zero attached hydrogens (tertiary/aromatic N) is 1. The van der Waals surface area contributed by atoms with Gasteiger partial charge < -0.3 is 10.0 Å². The number of carboxylic acid groups (broad SMARTS) is 1. The highest BCUT2D eigenvalue weighted by atomic mass is 16.4. The van der Waals surface area contributed by atoms with E-state index >= 15 is 0 Å². The van der Waals surface area contributed by atoms with Gasteiger partial charge in [-0.25, -0.2) is 4.79 Å². The van der Waals surface area contributed by atoms with Gasteiger partial charge in [-0.2, -0.15) is 0 Å². The van der Waals surface area contributed by atoms with Crippen LogP contribution in [0, 0.1) is 6.92 Å². The van der Waals surface area contributed by atoms with Crippen LogP contribution in [-0.4, -0.2) is 28.9 Å². The van der Waals surface area contributed by atoms with Crippen LogP contribution in [-0.2, 0) is 6.42 Å². The van der Waals surface area contributed by atoms with E-state index in [4.69, 9.17) is 0 Å². The molecular weight excluding hydrogens is 290 g/mol. The Kier molecular flexibility index (Phi) is 3.90. The van der Waals surface area contributed by atoms with Gasteiger partial charge in [0.25, 0.3) is 5.91 Å². The molecule has 0 aromatic heterocycles. The van der Waals surface area contributed by atoms with E-state index in [9.17, 15) is 14.7 Å². The molecule has 0 bridgehead atoms. The lowest BCUT2D eigenvalue weighted by molar-refractivity contribution is 0.0696. The monoisotopic (exact) mass is 309 g/mol. The van der Waals surface area contributed by atoms with Gasteiger partial charge >= 0.3 is 5.97 Å². The van der Waals surface area contributed by atoms with Gasteiger partial charge in [-0.15, -0.1) is 0 Å². The Bertz CT molecular complexity index is 782. The van der Waals surface area contributed by atoms with Crippen molar-refractivity contribution in [3.63, 3.8) is 0 Å². The Hall–Kier alpha value is -2.62. The van der Waals surface area contributed by atoms with E-state index in [-0.39, 0.29) is 17.5 Å². The maximum atomic E-state index is 12.8. The van der Waals surface area contributed by atoms with Crippen LogP contribution in [0.25, 0.3) is 0 Å². The summed E-state index contributed by atoms with van der Waals surface area (Å²) in [5.41, 5.74) is 3.99. The van der Waals surface area contributed by atoms with Crippen molar-refractivity contribution in [2.75, 3.05) is 7.05 Å². The van der Waals surface area contributed by atoms with Crippen molar-refractivity contribution in [1.82, 2.24) is 4.90 Å². The first kappa shape index (κ1) is 15.3. The highest BCUT2D eigenvalue weighted by Gasteiger charge is 2.30. The average Bonchev–Trinajstić information content (AvgIpc) is 2.97. The molecule has 0 saturated heterocycles. The lowest BCUT2D eigenvalue weighted by Crippen LogP contribution is -2.30. The second-order valence-corrected chi connectivity index (χ2v) is 6.00. The summed E-state index contributed by atoms with van der Waals surface area (Å²) in [4.78, 5) is 25.7. The van der Waals surface area contributed by atoms with E-state index in [1.54, 1.807) is 24.1 Å². The Labute approximate surface area is 135 Å². The Morgan fingerprint density at radius 2 is 1.91 bits per heavy atom. The largest absolute Gasteiger partial charge is 0.478 e. The average molecular weight is 309 g/mol. The molecule has 0 radical (unpaired) electrons. The molecule has 2 aromatic carbocycles. The van der Waals surface area contributed by atoms with Gasteiger partial charge in [-0.05, 0) is 54.7 Å². The minimum atomic E-state index is -0.939. The van der Waals surface area contributed by atoms with Gasteiger partial charge in [0.2, 0.25) is 0 Å². The fourth-order valence-corrected chi connectivity index (χ4v) is 3.26. The maximum Gasteiger partial charge on any atom is 0.335 e. The number of hydrogen-bond acceptors (Lipinski definition) is 2. The third kappa shape index (κ3) is 2.72. The van der Waals surface area contributed by atoms with Crippen molar-refractivity contribution in [1.29, 1.82) is 0 Å². The van der Waals surface area contributed by atoms with Crippen LogP contribution in [0.3, 0.4) is 0 Å². The second kappa shape index (κ2) is 5.88. The zero-order valence-electron chi connectivity index (χ0n) is 13.2. The zero-order valence-corrected chi connectivity index (χ0v) is 13.2. The zero-order chi connectivity index (χ0) is 16.6. The molecule has 4 nitrogen and oxygen atoms in total. The smallest absolute Gasteiger partial charge is 0.335 e. The molecule has 2 aromatic rings. The summed E-state index contributed by atoms with van der Waals surface area (Å²) < 4.78 is 0. The van der Waals surface area contributed by atoms with Crippen LogP contribution < -0.4 is 0 Å². The summed E-state index contributed by atoms with van der Waals surface area (Å²) in [5, 5.41) is 9.18. The molecule has 1 unspecified atom stereocenters. The fourth-order valence-electron chi connectivity index (χ4n) is 3.26. The van der Waals surface area contributed by atoms with Gasteiger partial charge in [-0.3, -0.25) is 4.79 Å². The number of amides is 1. The van der Waals surface area contributed by atoms with E-state index in [1.807, 2.05) is 37.3 Å². The summed E-state index contributed by atoms with van der Waals surface area (Å²) >= 11 is 0. The molecule has 1 atom stereocenters. The molecule has 4 heteroatoms. The molecule has 0 heterocycles. The quantitative estimate of drug-likeness (QED) is 0.944. The number of fused-ring (bicyclic) bond motifs is 1. The number of benzene rings is 2. The first-order valence-corrected chi connectivity index (χ1v) is 7.68. The fraction of sp³-hybridized carbons (Fsp3) is 0.263. The molecule has 1 aliphatic rings. The molecule has 0 spiro atoms. The van der Waals surface area contributed by atoms with Crippen LogP contribution in [0.4, 0.5) is 0 Å². The number of aryl methyl sites for hydroxylation is 2. The van der Waals surface area contributed by atoms with Crippen LogP contribution in [0.2, 0.25) is 0 Å². The van der Waals surface area contributed by atoms with Gasteiger partial charge in [-0.1, -0.05) is 24.3 Å². The molecular formula is C19H19NO3. The Balaban J connectivity index is 1.93. The van der Waals surface area contributed by atoms with Crippen molar-refractivity contribution in [2.45, 2.75) is 25.8 Å². The third-order valence-electron chi connectivity index (χ3n) is 4.60. The first-order chi connectivity index (χ1) is 11.0. The molecule has 0 fully saturated rings. The minimum Gasteiger partial charge on any atom is -0.478 e. The number of hydrogen-bond donors (Lipinski definition) is 1. The standard InChI is InChI=1S/C19H19NO3/c1-12-5-3-4-6-15(12)18(21)20(2)17-10-9-13-7-8-14(19(22)23)11-16(13)17/h3-8,11,17H,9-10H2,1-2H3,(H,22,23). The van der Waals surface area contributed by atoms with Crippen molar-refractivity contribution in [3.05, 3.63) is 70.3 Å². The summed E-state index contributed by atoms with van der Waals surface area (Å²) in [5.74, 6) is -0.965. The van der Waals surface area contributed by atoms with Gasteiger partial charge in [0.05, 0.1) is 11.6 Å². The lowest BCUT2D eigenvalue weighted by atomic mass is 10.0. The third-order valence-corrected chi connectivity index (χ3v) is 4.60. The van der Waals surface area contributed by atoms with Gasteiger partial charge in [0.15, 0.2) is 0 Å². The molecule has 3 rings (SSSR count). The van der Waals surface area contributed by atoms with E-state index < -0.39 is 5.97 Å². The van der Waals surface area contributed by atoms with Crippen LogP contribution in [0.15, 0.2) is 42.5 Å². The van der Waals surface area contributed by atoms with E-state index in [0.717, 1.165) is 29.5 Å². The molecule has 23 heavy (non-hydrogen) atoms. The molecule has 1 amide bonds. The van der Waals surface area contributed by atoms with Crippen LogP contribution in [0.5, 0.6) is 0 Å². The topological polar surface area (TPSA) is 57.6 Å². The number of carboxylic acids is 1. The number of carbonyl (C=O) groups is 2. The molecule has 1 N–H and O–H groups in total. The number of rotatable bonds is 3. The lowest BCUT2D eigenvalue weighted by Gasteiger charge is -2.26. The predicted octanol–water partition coefficient (Wildman–Crippen LogP) is 3.45. The summed E-state index contributed by atoms with van der Waals surface area (Å²) in [7, 11) is 1.79. The van der Waals surface area contributed by atoms with Crippen molar-refractivity contribution in [2.24, 2.45) is 0 Å². The van der Waals surface area contributed by atoms with Crippen LogP contribution >= 0.6 is 0 Å². The number of carbonyl (C=O) groups excluding carboxylic acids is 1. The predicted molar refractivity (Wildman–Crippen MR) is 87.7 cm³/mol. The Morgan fingerprint density at radius 3 is 2.61 bits per heavy atom. The van der Waals surface area contributed by atoms with E-state index in [1.165, 1.54) is 0 Å². The maximum absolute atomic E-state index is 12.8. The van der Waals surface area contributed by atoms with Gasteiger partial charge in [0.1, 0.15) is 0 Å². The Morgan fingerprint density at radius 1 is 1.17 bits per heavy atom. The summed E-state index contributed by atoms with van der Waals surface area (Å²) in [6.07, 6.45) is 1.69. The SMILES string of the molecule is Cc1ccccc1C(=O)N(C)C1CCc2ccc(C(=O)O)cc21. The second-order valence-electron chi connectivity index (χ2n) is 6.00. The molecule has 1 aliphatic carbocycles. The molecule has 0 aliphatic heterocycles. The van der Waals surface area contributed by atoms with E-state index in [0.29, 0.717) is 5.56 Å². The molecule has 0 saturated carbocycles.